The van der Waals surface area contributed by atoms with Gasteiger partial charge in [-0.05, 0) is 32.6 Å². The van der Waals surface area contributed by atoms with Crippen molar-refractivity contribution in [1.29, 1.82) is 5.26 Å². The predicted octanol–water partition coefficient (Wildman–Crippen LogP) is 3.95. The summed E-state index contributed by atoms with van der Waals surface area (Å²) < 4.78 is 50.8. The number of alkyl halides is 3. The Bertz CT molecular complexity index is 779. The molecule has 180 valence electrons. The summed E-state index contributed by atoms with van der Waals surface area (Å²) in [4.78, 5) is 34.7. The topological polar surface area (TPSA) is 103 Å². The van der Waals surface area contributed by atoms with Crippen molar-refractivity contribution < 1.29 is 41.8 Å². The molecule has 0 aromatic heterocycles. The van der Waals surface area contributed by atoms with E-state index in [1.165, 1.54) is 6.92 Å². The highest BCUT2D eigenvalue weighted by molar-refractivity contribution is 5.84. The van der Waals surface area contributed by atoms with Crippen LogP contribution in [-0.2, 0) is 28.6 Å². The van der Waals surface area contributed by atoms with Gasteiger partial charge in [-0.15, -0.1) is 0 Å². The van der Waals surface area contributed by atoms with E-state index in [4.69, 9.17) is 9.47 Å². The van der Waals surface area contributed by atoms with Gasteiger partial charge >= 0.3 is 24.1 Å². The lowest BCUT2D eigenvalue weighted by Crippen LogP contribution is -2.40. The highest BCUT2D eigenvalue weighted by Crippen LogP contribution is 2.62. The number of esters is 3. The maximum absolute atomic E-state index is 11.9. The summed E-state index contributed by atoms with van der Waals surface area (Å²) in [7, 11) is 0. The number of nitrogens with zero attached hydrogens (tertiary/aromatic N) is 1. The average molecular weight is 461 g/mol. The normalized spacial score (nSPS) is 32.7. The summed E-state index contributed by atoms with van der Waals surface area (Å²) in [6.07, 6.45) is -4.81. The van der Waals surface area contributed by atoms with Gasteiger partial charge in [0.15, 0.2) is 11.5 Å². The number of hydrogen-bond donors (Lipinski definition) is 0. The van der Waals surface area contributed by atoms with Gasteiger partial charge in [-0.1, -0.05) is 27.7 Å². The quantitative estimate of drug-likeness (QED) is 0.436. The fourth-order valence-electron chi connectivity index (χ4n) is 4.23. The van der Waals surface area contributed by atoms with Gasteiger partial charge in [-0.25, -0.2) is 0 Å². The molecule has 1 aliphatic heterocycles. The van der Waals surface area contributed by atoms with Crippen molar-refractivity contribution in [1.82, 2.24) is 0 Å². The molecule has 0 N–H and O–H groups in total. The number of halogens is 3. The Morgan fingerprint density at radius 3 is 2.25 bits per heavy atom. The second-order valence-corrected chi connectivity index (χ2v) is 8.90. The van der Waals surface area contributed by atoms with Crippen LogP contribution in [0.5, 0.6) is 0 Å². The molecule has 2 saturated carbocycles. The molecular weight excluding hydrogens is 431 g/mol. The zero-order valence-corrected chi connectivity index (χ0v) is 18.9. The van der Waals surface area contributed by atoms with Crippen LogP contribution in [0.25, 0.3) is 0 Å². The van der Waals surface area contributed by atoms with Gasteiger partial charge in [-0.2, -0.15) is 18.4 Å². The molecule has 7 nitrogen and oxygen atoms in total. The lowest BCUT2D eigenvalue weighted by molar-refractivity contribution is -0.218. The summed E-state index contributed by atoms with van der Waals surface area (Å²) in [5.41, 5.74) is -0.964. The molecule has 0 aromatic rings. The lowest BCUT2D eigenvalue weighted by atomic mass is 9.74. The van der Waals surface area contributed by atoms with Gasteiger partial charge in [0.1, 0.15) is 12.2 Å². The Labute approximate surface area is 185 Å². The molecule has 0 amide bonds. The fraction of sp³-hybridized carbons (Fsp3) is 0.818. The third-order valence-electron chi connectivity index (χ3n) is 6.80. The van der Waals surface area contributed by atoms with Crippen molar-refractivity contribution in [2.24, 2.45) is 29.1 Å². The molecule has 3 aliphatic rings. The Kier molecular flexibility index (Phi) is 7.84. The van der Waals surface area contributed by atoms with Crippen LogP contribution in [0.1, 0.15) is 60.3 Å². The summed E-state index contributed by atoms with van der Waals surface area (Å²) in [5.74, 6) is -2.08. The van der Waals surface area contributed by atoms with Crippen LogP contribution >= 0.6 is 0 Å². The van der Waals surface area contributed by atoms with E-state index in [0.717, 1.165) is 19.8 Å². The molecule has 10 heteroatoms. The summed E-state index contributed by atoms with van der Waals surface area (Å²) in [5, 5.41) is 9.27. The Morgan fingerprint density at radius 2 is 1.75 bits per heavy atom. The van der Waals surface area contributed by atoms with Crippen LogP contribution in [0.4, 0.5) is 13.2 Å². The van der Waals surface area contributed by atoms with Crippen LogP contribution < -0.4 is 0 Å². The molecule has 0 spiro atoms. The predicted molar refractivity (Wildman–Crippen MR) is 105 cm³/mol. The third kappa shape index (κ3) is 4.86. The molecule has 8 unspecified atom stereocenters. The van der Waals surface area contributed by atoms with Crippen molar-refractivity contribution in [3.8, 4) is 6.07 Å². The van der Waals surface area contributed by atoms with Gasteiger partial charge in [-0.3, -0.25) is 14.4 Å². The van der Waals surface area contributed by atoms with Crippen LogP contribution in [-0.4, -0.2) is 42.4 Å². The maximum atomic E-state index is 11.9. The van der Waals surface area contributed by atoms with Crippen molar-refractivity contribution >= 4 is 17.9 Å². The molecule has 0 aromatic carbocycles. The van der Waals surface area contributed by atoms with Gasteiger partial charge < -0.3 is 14.2 Å². The van der Waals surface area contributed by atoms with Gasteiger partial charge in [0.05, 0.1) is 17.9 Å². The van der Waals surface area contributed by atoms with Crippen molar-refractivity contribution in [2.75, 3.05) is 0 Å². The van der Waals surface area contributed by atoms with Gasteiger partial charge in [0, 0.05) is 11.8 Å². The monoisotopic (exact) mass is 461 g/mol. The van der Waals surface area contributed by atoms with Crippen LogP contribution in [0.15, 0.2) is 0 Å². The van der Waals surface area contributed by atoms with E-state index < -0.39 is 41.7 Å². The molecule has 1 heterocycles. The number of nitriles is 1. The smallest absolute Gasteiger partial charge is 0.425 e. The number of carbonyl (C=O) groups excluding carboxylic acids is 3. The van der Waals surface area contributed by atoms with E-state index in [2.05, 4.69) is 10.8 Å². The molecular formula is C22H30F3NO6. The van der Waals surface area contributed by atoms with E-state index in [0.29, 0.717) is 12.8 Å². The van der Waals surface area contributed by atoms with Gasteiger partial charge in [0.2, 0.25) is 0 Å². The minimum Gasteiger partial charge on any atom is -0.458 e. The first-order valence-electron chi connectivity index (χ1n) is 10.9. The summed E-state index contributed by atoms with van der Waals surface area (Å²) in [6, 6.07) is 2.14. The Balaban J connectivity index is 0.000000247. The standard InChI is InChI=1S/C14H17NO4.C8H13F3O2/c1-3-7(2)12(16)18-10-8-4-9-11(10)19-13(17)14(9,5-8)6-15;1-4-5(2)7(12)13-6(3)8(9,10)11/h7-11H,3-5H2,1-2H3;5-6H,4H2,1-3H3. The highest BCUT2D eigenvalue weighted by Gasteiger charge is 2.72. The molecule has 1 saturated heterocycles. The molecule has 2 bridgehead atoms. The minimum absolute atomic E-state index is 0.0918. The molecule has 3 rings (SSSR count). The van der Waals surface area contributed by atoms with E-state index >= 15 is 0 Å². The first-order chi connectivity index (χ1) is 14.8. The van der Waals surface area contributed by atoms with Crippen LogP contribution in [0.3, 0.4) is 0 Å². The summed E-state index contributed by atoms with van der Waals surface area (Å²) >= 11 is 0. The highest BCUT2D eigenvalue weighted by atomic mass is 19.4. The number of hydrogen-bond acceptors (Lipinski definition) is 7. The second-order valence-electron chi connectivity index (χ2n) is 8.90. The maximum Gasteiger partial charge on any atom is 0.425 e. The van der Waals surface area contributed by atoms with E-state index in [1.807, 2.05) is 13.8 Å². The first-order valence-corrected chi connectivity index (χ1v) is 10.9. The van der Waals surface area contributed by atoms with Crippen molar-refractivity contribution in [3.63, 3.8) is 0 Å². The minimum atomic E-state index is -4.47. The Hall–Kier alpha value is -2.31. The number of carbonyl (C=O) groups is 3. The van der Waals surface area contributed by atoms with E-state index in [9.17, 15) is 32.8 Å². The van der Waals surface area contributed by atoms with E-state index in [-0.39, 0.29) is 29.8 Å². The average Bonchev–Trinajstić information content (AvgIpc) is 3.34. The van der Waals surface area contributed by atoms with Crippen molar-refractivity contribution in [3.05, 3.63) is 0 Å². The molecule has 32 heavy (non-hydrogen) atoms. The second kappa shape index (κ2) is 9.67. The third-order valence-corrected chi connectivity index (χ3v) is 6.80. The van der Waals surface area contributed by atoms with Crippen molar-refractivity contribution in [2.45, 2.75) is 84.8 Å². The van der Waals surface area contributed by atoms with Crippen LogP contribution in [0, 0.1) is 40.4 Å². The van der Waals surface area contributed by atoms with Crippen LogP contribution in [0.2, 0.25) is 0 Å². The fourth-order valence-corrected chi connectivity index (χ4v) is 4.23. The number of rotatable bonds is 6. The van der Waals surface area contributed by atoms with E-state index in [1.54, 1.807) is 6.92 Å². The SMILES string of the molecule is CCC(C)C(=O)OC(C)C(F)(F)F.CCC(C)C(=O)OC1C2CC3C1OC(=O)C3(C#N)C2. The zero-order chi connectivity index (χ0) is 24.4. The molecule has 0 radical (unpaired) electrons. The molecule has 2 aliphatic carbocycles. The lowest BCUT2D eigenvalue weighted by Gasteiger charge is -2.28. The summed E-state index contributed by atoms with van der Waals surface area (Å²) in [6.45, 7) is 7.83. The number of fused-ring (bicyclic) bond motifs is 1. The largest absolute Gasteiger partial charge is 0.458 e. The Morgan fingerprint density at radius 1 is 1.19 bits per heavy atom. The van der Waals surface area contributed by atoms with Gasteiger partial charge in [0.25, 0.3) is 0 Å². The zero-order valence-electron chi connectivity index (χ0n) is 18.9. The number of ether oxygens (including phenoxy) is 3. The molecule has 8 atom stereocenters. The first kappa shape index (κ1) is 25.9. The molecule has 3 fully saturated rings.